The summed E-state index contributed by atoms with van der Waals surface area (Å²) in [6.45, 7) is 0. The zero-order valence-electron chi connectivity index (χ0n) is 23.4. The minimum atomic E-state index is -0.169. The molecule has 0 heterocycles. The first kappa shape index (κ1) is 28.1. The first-order valence-electron chi connectivity index (χ1n) is 15.6. The summed E-state index contributed by atoms with van der Waals surface area (Å²) in [6, 6.07) is 33.9. The SMILES string of the molecule is c1ccc(P(C2CCCCC2)C2CCCCC2)cc1.c1ccc(P(c2ccccc2)C2CCCCC2)cc1. The van der Waals surface area contributed by atoms with Gasteiger partial charge in [0.15, 0.2) is 0 Å². The topological polar surface area (TPSA) is 0 Å². The molecule has 3 aliphatic carbocycles. The molecule has 3 aromatic rings. The second-order valence-electron chi connectivity index (χ2n) is 11.7. The molecule has 6 rings (SSSR count). The van der Waals surface area contributed by atoms with Gasteiger partial charge in [0.2, 0.25) is 0 Å². The van der Waals surface area contributed by atoms with Crippen LogP contribution in [0.4, 0.5) is 0 Å². The maximum atomic E-state index is 2.43. The van der Waals surface area contributed by atoms with Gasteiger partial charge in [0.25, 0.3) is 0 Å². The maximum absolute atomic E-state index is 2.43. The van der Waals surface area contributed by atoms with Gasteiger partial charge in [-0.15, -0.1) is 0 Å². The summed E-state index contributed by atoms with van der Waals surface area (Å²) in [5.74, 6) is 0. The average molecular weight is 543 g/mol. The van der Waals surface area contributed by atoms with Gasteiger partial charge in [0, 0.05) is 0 Å². The van der Waals surface area contributed by atoms with Crippen molar-refractivity contribution in [1.29, 1.82) is 0 Å². The zero-order valence-corrected chi connectivity index (χ0v) is 25.2. The third-order valence-electron chi connectivity index (χ3n) is 9.00. The van der Waals surface area contributed by atoms with Crippen LogP contribution in [-0.2, 0) is 0 Å². The van der Waals surface area contributed by atoms with E-state index in [9.17, 15) is 0 Å². The van der Waals surface area contributed by atoms with Gasteiger partial charge in [-0.1, -0.05) is 157 Å². The fourth-order valence-corrected chi connectivity index (χ4v) is 13.9. The second-order valence-corrected chi connectivity index (χ2v) is 17.0. The Labute approximate surface area is 235 Å². The predicted molar refractivity (Wildman–Crippen MR) is 173 cm³/mol. The summed E-state index contributed by atoms with van der Waals surface area (Å²) in [6.07, 6.45) is 22.1. The van der Waals surface area contributed by atoms with Crippen LogP contribution >= 0.6 is 15.8 Å². The zero-order chi connectivity index (χ0) is 25.8. The van der Waals surface area contributed by atoms with Crippen molar-refractivity contribution < 1.29 is 0 Å². The Bertz CT molecular complexity index is 959. The van der Waals surface area contributed by atoms with Crippen LogP contribution in [0.25, 0.3) is 0 Å². The smallest absolute Gasteiger partial charge is 0.0129 e. The Balaban J connectivity index is 0.000000155. The fraction of sp³-hybridized carbons (Fsp3) is 0.500. The molecule has 3 aliphatic rings. The van der Waals surface area contributed by atoms with Crippen LogP contribution in [0.3, 0.4) is 0 Å². The van der Waals surface area contributed by atoms with Crippen molar-refractivity contribution in [3.8, 4) is 0 Å². The van der Waals surface area contributed by atoms with E-state index in [0.29, 0.717) is 0 Å². The summed E-state index contributed by atoms with van der Waals surface area (Å²) in [7, 11) is -0.0611. The Morgan fingerprint density at radius 1 is 0.342 bits per heavy atom. The highest BCUT2D eigenvalue weighted by molar-refractivity contribution is 7.73. The van der Waals surface area contributed by atoms with E-state index < -0.39 is 0 Å². The van der Waals surface area contributed by atoms with E-state index in [-0.39, 0.29) is 15.8 Å². The molecule has 38 heavy (non-hydrogen) atoms. The summed E-state index contributed by atoms with van der Waals surface area (Å²) in [4.78, 5) is 0. The van der Waals surface area contributed by atoms with Crippen LogP contribution in [0.1, 0.15) is 96.3 Å². The normalized spacial score (nSPS) is 19.7. The quantitative estimate of drug-likeness (QED) is 0.272. The molecule has 0 atom stereocenters. The van der Waals surface area contributed by atoms with Gasteiger partial charge < -0.3 is 0 Å². The second kappa shape index (κ2) is 15.3. The molecule has 202 valence electrons. The molecule has 3 saturated carbocycles. The molecule has 0 unspecified atom stereocenters. The minimum Gasteiger partial charge on any atom is -0.0690 e. The van der Waals surface area contributed by atoms with Crippen LogP contribution in [0, 0.1) is 0 Å². The van der Waals surface area contributed by atoms with Crippen molar-refractivity contribution in [2.75, 3.05) is 0 Å². The van der Waals surface area contributed by atoms with Gasteiger partial charge in [0.05, 0.1) is 0 Å². The standard InChI is InChI=1S/C18H27P.C18H21P/c2*1-4-10-16(11-5-1)19(17-12-6-2-7-13-17)18-14-8-3-9-15-18/h1,4-5,10-11,17-18H,2-3,6-9,12-15H2;1-2,4-7,10-13,18H,3,8-9,14-15H2. The van der Waals surface area contributed by atoms with Crippen molar-refractivity contribution in [2.45, 2.75) is 113 Å². The monoisotopic (exact) mass is 542 g/mol. The lowest BCUT2D eigenvalue weighted by Gasteiger charge is -2.38. The molecule has 2 heteroatoms. The highest BCUT2D eigenvalue weighted by Gasteiger charge is 2.32. The summed E-state index contributed by atoms with van der Waals surface area (Å²) < 4.78 is 0. The van der Waals surface area contributed by atoms with Crippen LogP contribution in [0.5, 0.6) is 0 Å². The van der Waals surface area contributed by atoms with Gasteiger partial charge in [-0.05, 0) is 79.3 Å². The van der Waals surface area contributed by atoms with E-state index >= 15 is 0 Å². The van der Waals surface area contributed by atoms with E-state index in [1.54, 1.807) is 15.9 Å². The lowest BCUT2D eigenvalue weighted by Crippen LogP contribution is -2.26. The van der Waals surface area contributed by atoms with E-state index in [1.807, 2.05) is 0 Å². The molecule has 0 radical (unpaired) electrons. The van der Waals surface area contributed by atoms with E-state index in [1.165, 1.54) is 96.3 Å². The van der Waals surface area contributed by atoms with Gasteiger partial charge in [-0.2, -0.15) is 0 Å². The number of hydrogen-bond acceptors (Lipinski definition) is 0. The van der Waals surface area contributed by atoms with Crippen molar-refractivity contribution in [3.05, 3.63) is 91.0 Å². The summed E-state index contributed by atoms with van der Waals surface area (Å²) >= 11 is 0. The van der Waals surface area contributed by atoms with E-state index in [4.69, 9.17) is 0 Å². The van der Waals surface area contributed by atoms with Gasteiger partial charge in [-0.25, -0.2) is 0 Å². The molecule has 3 aromatic carbocycles. The molecule has 0 spiro atoms. The molecule has 0 amide bonds. The van der Waals surface area contributed by atoms with Crippen molar-refractivity contribution in [2.24, 2.45) is 0 Å². The lowest BCUT2D eigenvalue weighted by atomic mass is 9.99. The van der Waals surface area contributed by atoms with Gasteiger partial charge in [0.1, 0.15) is 0 Å². The Kier molecular flexibility index (Phi) is 11.3. The number of benzene rings is 3. The van der Waals surface area contributed by atoms with E-state index in [2.05, 4.69) is 91.0 Å². The van der Waals surface area contributed by atoms with Crippen molar-refractivity contribution in [1.82, 2.24) is 0 Å². The predicted octanol–water partition coefficient (Wildman–Crippen LogP) is 9.91. The van der Waals surface area contributed by atoms with Gasteiger partial charge >= 0.3 is 0 Å². The third-order valence-corrected chi connectivity index (χ3v) is 15.5. The highest BCUT2D eigenvalue weighted by Crippen LogP contribution is 2.54. The Morgan fingerprint density at radius 3 is 1.03 bits per heavy atom. The van der Waals surface area contributed by atoms with Crippen molar-refractivity contribution >= 4 is 31.8 Å². The Morgan fingerprint density at radius 2 is 0.658 bits per heavy atom. The summed E-state index contributed by atoms with van der Waals surface area (Å²) in [5, 5.41) is 4.81. The molecule has 0 nitrogen and oxygen atoms in total. The maximum Gasteiger partial charge on any atom is -0.0129 e. The molecule has 0 bridgehead atoms. The lowest BCUT2D eigenvalue weighted by molar-refractivity contribution is 0.487. The molecule has 0 N–H and O–H groups in total. The van der Waals surface area contributed by atoms with Crippen molar-refractivity contribution in [3.63, 3.8) is 0 Å². The molecule has 3 fully saturated rings. The largest absolute Gasteiger partial charge is 0.0690 e. The van der Waals surface area contributed by atoms with Crippen LogP contribution < -0.4 is 15.9 Å². The minimum absolute atomic E-state index is 0.108. The molecular formula is C36H48P2. The molecule has 0 aliphatic heterocycles. The Hall–Kier alpha value is -1.48. The fourth-order valence-electron chi connectivity index (χ4n) is 7.13. The first-order valence-corrected chi connectivity index (χ1v) is 18.5. The summed E-state index contributed by atoms with van der Waals surface area (Å²) in [5.41, 5.74) is 2.96. The third kappa shape index (κ3) is 7.80. The highest BCUT2D eigenvalue weighted by atomic mass is 31.1. The average Bonchev–Trinajstić information content (AvgIpc) is 3.01. The van der Waals surface area contributed by atoms with Crippen LogP contribution in [-0.4, -0.2) is 17.0 Å². The van der Waals surface area contributed by atoms with Crippen LogP contribution in [0.15, 0.2) is 91.0 Å². The first-order chi connectivity index (χ1) is 18.9. The number of hydrogen-bond donors (Lipinski definition) is 0. The van der Waals surface area contributed by atoms with Crippen LogP contribution in [0.2, 0.25) is 0 Å². The van der Waals surface area contributed by atoms with Gasteiger partial charge in [-0.3, -0.25) is 0 Å². The van der Waals surface area contributed by atoms with E-state index in [0.717, 1.165) is 17.0 Å². The molecular weight excluding hydrogens is 494 g/mol. The molecule has 0 saturated heterocycles. The number of rotatable bonds is 6. The molecule has 0 aromatic heterocycles.